The van der Waals surface area contributed by atoms with Crippen molar-refractivity contribution < 1.29 is 23.0 Å². The van der Waals surface area contributed by atoms with Crippen molar-refractivity contribution in [1.82, 2.24) is 9.80 Å². The van der Waals surface area contributed by atoms with Crippen LogP contribution in [0.3, 0.4) is 0 Å². The standard InChI is InChI=1S/C23H29F2N3O3S/c1-16(22(29)26-18-4-7-20(8-5-18)32-23(24)25)28-12-10-27(11-13-28)15-17-14-19(30-2)6-9-21(17)31-3/h4-9,14,16,23H,10-13,15H2,1-3H3,(H,26,29). The van der Waals surface area contributed by atoms with Crippen LogP contribution in [0.1, 0.15) is 12.5 Å². The van der Waals surface area contributed by atoms with E-state index < -0.39 is 5.76 Å². The summed E-state index contributed by atoms with van der Waals surface area (Å²) in [6.45, 7) is 5.83. The van der Waals surface area contributed by atoms with Gasteiger partial charge in [0.25, 0.3) is 5.76 Å². The maximum Gasteiger partial charge on any atom is 0.288 e. The lowest BCUT2D eigenvalue weighted by atomic mass is 10.1. The van der Waals surface area contributed by atoms with Crippen LogP contribution in [0.15, 0.2) is 47.4 Å². The van der Waals surface area contributed by atoms with Crippen molar-refractivity contribution in [2.45, 2.75) is 30.2 Å². The van der Waals surface area contributed by atoms with E-state index in [1.54, 1.807) is 38.5 Å². The quantitative estimate of drug-likeness (QED) is 0.562. The summed E-state index contributed by atoms with van der Waals surface area (Å²) >= 11 is 0.486. The first kappa shape index (κ1) is 24.3. The van der Waals surface area contributed by atoms with Crippen LogP contribution in [0.25, 0.3) is 0 Å². The first-order valence-corrected chi connectivity index (χ1v) is 11.3. The number of nitrogens with one attached hydrogen (secondary N) is 1. The minimum Gasteiger partial charge on any atom is -0.497 e. The highest BCUT2D eigenvalue weighted by Crippen LogP contribution is 2.27. The largest absolute Gasteiger partial charge is 0.497 e. The van der Waals surface area contributed by atoms with Crippen molar-refractivity contribution in [2.24, 2.45) is 0 Å². The van der Waals surface area contributed by atoms with E-state index in [2.05, 4.69) is 15.1 Å². The van der Waals surface area contributed by atoms with Gasteiger partial charge in [0.1, 0.15) is 11.5 Å². The van der Waals surface area contributed by atoms with Crippen LogP contribution in [0.5, 0.6) is 11.5 Å². The number of thioether (sulfide) groups is 1. The number of piperazine rings is 1. The lowest BCUT2D eigenvalue weighted by molar-refractivity contribution is -0.121. The minimum atomic E-state index is -2.46. The van der Waals surface area contributed by atoms with Gasteiger partial charge < -0.3 is 14.8 Å². The average Bonchev–Trinajstić information content (AvgIpc) is 2.80. The van der Waals surface area contributed by atoms with Crippen LogP contribution in [0.4, 0.5) is 14.5 Å². The van der Waals surface area contributed by atoms with E-state index in [1.165, 1.54) is 0 Å². The SMILES string of the molecule is COc1ccc(OC)c(CN2CCN(C(C)C(=O)Nc3ccc(SC(F)F)cc3)CC2)c1. The molecule has 1 aliphatic heterocycles. The first-order chi connectivity index (χ1) is 15.4. The molecule has 0 saturated carbocycles. The Hall–Kier alpha value is -2.36. The number of benzene rings is 2. The summed E-state index contributed by atoms with van der Waals surface area (Å²) < 4.78 is 35.7. The van der Waals surface area contributed by atoms with Crippen molar-refractivity contribution in [3.63, 3.8) is 0 Å². The van der Waals surface area contributed by atoms with Gasteiger partial charge in [-0.25, -0.2) is 0 Å². The van der Waals surface area contributed by atoms with E-state index in [0.717, 1.165) is 49.8 Å². The molecule has 1 N–H and O–H groups in total. The molecule has 0 radical (unpaired) electrons. The number of anilines is 1. The molecule has 0 aliphatic carbocycles. The second-order valence-corrected chi connectivity index (χ2v) is 8.62. The van der Waals surface area contributed by atoms with E-state index in [0.29, 0.717) is 22.3 Å². The maximum absolute atomic E-state index is 12.7. The Morgan fingerprint density at radius 2 is 1.75 bits per heavy atom. The third kappa shape index (κ3) is 6.57. The second-order valence-electron chi connectivity index (χ2n) is 7.56. The molecular weight excluding hydrogens is 436 g/mol. The topological polar surface area (TPSA) is 54.0 Å². The lowest BCUT2D eigenvalue weighted by Gasteiger charge is -2.37. The Bertz CT molecular complexity index is 891. The molecule has 3 rings (SSSR count). The minimum absolute atomic E-state index is 0.109. The van der Waals surface area contributed by atoms with Gasteiger partial charge in [0.05, 0.1) is 20.3 Å². The zero-order valence-electron chi connectivity index (χ0n) is 18.5. The summed E-state index contributed by atoms with van der Waals surface area (Å²) in [5.74, 6) is -0.939. The van der Waals surface area contributed by atoms with E-state index in [1.807, 2.05) is 25.1 Å². The molecule has 32 heavy (non-hydrogen) atoms. The molecule has 1 atom stereocenters. The fourth-order valence-electron chi connectivity index (χ4n) is 3.69. The molecular formula is C23H29F2N3O3S. The molecule has 9 heteroatoms. The Kier molecular flexibility index (Phi) is 8.72. The number of hydrogen-bond acceptors (Lipinski definition) is 6. The highest BCUT2D eigenvalue weighted by Gasteiger charge is 2.26. The molecule has 1 unspecified atom stereocenters. The van der Waals surface area contributed by atoms with Gasteiger partial charge >= 0.3 is 0 Å². The number of ether oxygens (including phenoxy) is 2. The van der Waals surface area contributed by atoms with Gasteiger partial charge in [-0.1, -0.05) is 11.8 Å². The van der Waals surface area contributed by atoms with Gasteiger partial charge in [-0.05, 0) is 49.4 Å². The summed E-state index contributed by atoms with van der Waals surface area (Å²) in [4.78, 5) is 17.6. The highest BCUT2D eigenvalue weighted by atomic mass is 32.2. The number of amides is 1. The monoisotopic (exact) mass is 465 g/mol. The van der Waals surface area contributed by atoms with Crippen molar-refractivity contribution in [2.75, 3.05) is 45.7 Å². The van der Waals surface area contributed by atoms with Crippen molar-refractivity contribution in [3.8, 4) is 11.5 Å². The van der Waals surface area contributed by atoms with Crippen LogP contribution in [-0.4, -0.2) is 67.9 Å². The first-order valence-electron chi connectivity index (χ1n) is 10.4. The molecule has 1 heterocycles. The summed E-state index contributed by atoms with van der Waals surface area (Å²) in [6, 6.07) is 12.0. The molecule has 0 spiro atoms. The molecule has 2 aromatic carbocycles. The average molecular weight is 466 g/mol. The Labute approximate surface area is 191 Å². The van der Waals surface area contributed by atoms with E-state index in [9.17, 15) is 13.6 Å². The van der Waals surface area contributed by atoms with Gasteiger partial charge in [-0.2, -0.15) is 8.78 Å². The van der Waals surface area contributed by atoms with Gasteiger partial charge in [-0.15, -0.1) is 0 Å². The number of methoxy groups -OCH3 is 2. The van der Waals surface area contributed by atoms with E-state index in [-0.39, 0.29) is 11.9 Å². The maximum atomic E-state index is 12.7. The normalized spacial score (nSPS) is 16.1. The third-order valence-electron chi connectivity index (χ3n) is 5.56. The zero-order valence-corrected chi connectivity index (χ0v) is 19.3. The van der Waals surface area contributed by atoms with Crippen molar-refractivity contribution in [3.05, 3.63) is 48.0 Å². The predicted octanol–water partition coefficient (Wildman–Crippen LogP) is 4.16. The van der Waals surface area contributed by atoms with Crippen LogP contribution >= 0.6 is 11.8 Å². The van der Waals surface area contributed by atoms with Gasteiger partial charge in [0, 0.05) is 48.9 Å². The zero-order chi connectivity index (χ0) is 23.1. The van der Waals surface area contributed by atoms with E-state index in [4.69, 9.17) is 9.47 Å². The number of alkyl halides is 2. The molecule has 1 fully saturated rings. The highest BCUT2D eigenvalue weighted by molar-refractivity contribution is 7.99. The summed E-state index contributed by atoms with van der Waals surface area (Å²) in [7, 11) is 3.31. The number of halogens is 2. The molecule has 2 aromatic rings. The van der Waals surface area contributed by atoms with Crippen molar-refractivity contribution in [1.29, 1.82) is 0 Å². The van der Waals surface area contributed by atoms with E-state index >= 15 is 0 Å². The second kappa shape index (κ2) is 11.5. The number of rotatable bonds is 9. The van der Waals surface area contributed by atoms with Crippen LogP contribution < -0.4 is 14.8 Å². The van der Waals surface area contributed by atoms with Crippen LogP contribution in [-0.2, 0) is 11.3 Å². The fourth-order valence-corrected chi connectivity index (χ4v) is 4.19. The molecule has 6 nitrogen and oxygen atoms in total. The molecule has 1 amide bonds. The molecule has 0 aromatic heterocycles. The Morgan fingerprint density at radius 3 is 2.34 bits per heavy atom. The fraction of sp³-hybridized carbons (Fsp3) is 0.435. The molecule has 1 saturated heterocycles. The molecule has 1 aliphatic rings. The van der Waals surface area contributed by atoms with Gasteiger partial charge in [0.15, 0.2) is 0 Å². The predicted molar refractivity (Wildman–Crippen MR) is 123 cm³/mol. The number of nitrogens with zero attached hydrogens (tertiary/aromatic N) is 2. The van der Waals surface area contributed by atoms with Gasteiger partial charge in [0.2, 0.25) is 5.91 Å². The van der Waals surface area contributed by atoms with Crippen LogP contribution in [0, 0.1) is 0 Å². The summed E-state index contributed by atoms with van der Waals surface area (Å²) in [6.07, 6.45) is 0. The molecule has 0 bridgehead atoms. The number of carbonyl (C=O) groups is 1. The third-order valence-corrected chi connectivity index (χ3v) is 6.29. The molecule has 174 valence electrons. The Morgan fingerprint density at radius 1 is 1.06 bits per heavy atom. The van der Waals surface area contributed by atoms with Gasteiger partial charge in [-0.3, -0.25) is 14.6 Å². The summed E-state index contributed by atoms with van der Waals surface area (Å²) in [5, 5.41) is 2.88. The lowest BCUT2D eigenvalue weighted by Crippen LogP contribution is -2.52. The number of hydrogen-bond donors (Lipinski definition) is 1. The summed E-state index contributed by atoms with van der Waals surface area (Å²) in [5.41, 5.74) is 1.67. The number of carbonyl (C=O) groups excluding carboxylic acids is 1. The Balaban J connectivity index is 1.50. The van der Waals surface area contributed by atoms with Crippen LogP contribution in [0.2, 0.25) is 0 Å². The van der Waals surface area contributed by atoms with Crippen molar-refractivity contribution >= 4 is 23.4 Å². The smallest absolute Gasteiger partial charge is 0.288 e.